The Bertz CT molecular complexity index is 582. The number of benzene rings is 1. The molecule has 0 aromatic heterocycles. The first-order valence-corrected chi connectivity index (χ1v) is 7.56. The molecule has 1 aliphatic carbocycles. The Hall–Kier alpha value is -1.24. The van der Waals surface area contributed by atoms with Crippen LogP contribution < -0.4 is 5.73 Å². The van der Waals surface area contributed by atoms with Crippen molar-refractivity contribution in [2.75, 3.05) is 6.54 Å². The van der Waals surface area contributed by atoms with E-state index in [4.69, 9.17) is 5.73 Å². The smallest absolute Gasteiger partial charge is 0.246 e. The van der Waals surface area contributed by atoms with Crippen molar-refractivity contribution in [1.82, 2.24) is 4.31 Å². The number of rotatable bonds is 6. The standard InChI is InChI=1S/C13H17FN2O2S/c1-2-7-16(11-4-5-11)19(17,18)13-6-3-10(9-15)8-12(13)14/h2-3,6,8,11H,1,4-5,7,9,15H2. The predicted molar refractivity (Wildman–Crippen MR) is 71.4 cm³/mol. The zero-order chi connectivity index (χ0) is 14.0. The molecule has 2 N–H and O–H groups in total. The van der Waals surface area contributed by atoms with Gasteiger partial charge in [-0.3, -0.25) is 0 Å². The second kappa shape index (κ2) is 5.40. The van der Waals surface area contributed by atoms with E-state index in [0.717, 1.165) is 12.8 Å². The average Bonchev–Trinajstić information content (AvgIpc) is 3.19. The number of halogens is 1. The largest absolute Gasteiger partial charge is 0.326 e. The van der Waals surface area contributed by atoms with E-state index >= 15 is 0 Å². The third kappa shape index (κ3) is 2.86. The molecule has 0 amide bonds. The molecule has 4 nitrogen and oxygen atoms in total. The number of sulfonamides is 1. The van der Waals surface area contributed by atoms with Gasteiger partial charge in [-0.15, -0.1) is 6.58 Å². The highest BCUT2D eigenvalue weighted by atomic mass is 32.2. The van der Waals surface area contributed by atoms with Gasteiger partial charge in [0, 0.05) is 19.1 Å². The van der Waals surface area contributed by atoms with Crippen LogP contribution in [0.4, 0.5) is 4.39 Å². The van der Waals surface area contributed by atoms with E-state index in [9.17, 15) is 12.8 Å². The molecule has 6 heteroatoms. The van der Waals surface area contributed by atoms with E-state index in [0.29, 0.717) is 5.56 Å². The molecule has 1 aromatic rings. The highest BCUT2D eigenvalue weighted by Gasteiger charge is 2.38. The monoisotopic (exact) mass is 284 g/mol. The van der Waals surface area contributed by atoms with Crippen molar-refractivity contribution in [3.8, 4) is 0 Å². The van der Waals surface area contributed by atoms with Gasteiger partial charge in [0.2, 0.25) is 10.0 Å². The summed E-state index contributed by atoms with van der Waals surface area (Å²) in [5.41, 5.74) is 5.97. The van der Waals surface area contributed by atoms with Crippen molar-refractivity contribution in [2.24, 2.45) is 5.73 Å². The van der Waals surface area contributed by atoms with E-state index in [-0.39, 0.29) is 24.0 Å². The summed E-state index contributed by atoms with van der Waals surface area (Å²) in [6.07, 6.45) is 3.15. The SMILES string of the molecule is C=CCN(C1CC1)S(=O)(=O)c1ccc(CN)cc1F. The lowest BCUT2D eigenvalue weighted by molar-refractivity contribution is 0.431. The van der Waals surface area contributed by atoms with Gasteiger partial charge < -0.3 is 5.73 Å². The molecular formula is C13H17FN2O2S. The fourth-order valence-electron chi connectivity index (χ4n) is 1.94. The fourth-order valence-corrected chi connectivity index (χ4v) is 3.64. The predicted octanol–water partition coefficient (Wildman–Crippen LogP) is 1.62. The van der Waals surface area contributed by atoms with Crippen molar-refractivity contribution in [1.29, 1.82) is 0 Å². The Balaban J connectivity index is 2.40. The summed E-state index contributed by atoms with van der Waals surface area (Å²) in [7, 11) is -3.81. The van der Waals surface area contributed by atoms with Gasteiger partial charge in [-0.25, -0.2) is 12.8 Å². The van der Waals surface area contributed by atoms with Crippen LogP contribution in [0.5, 0.6) is 0 Å². The summed E-state index contributed by atoms with van der Waals surface area (Å²) < 4.78 is 40.1. The van der Waals surface area contributed by atoms with Crippen LogP contribution in [0.2, 0.25) is 0 Å². The number of nitrogens with zero attached hydrogens (tertiary/aromatic N) is 1. The Morgan fingerprint density at radius 1 is 1.47 bits per heavy atom. The minimum absolute atomic E-state index is 0.0309. The molecule has 0 heterocycles. The molecule has 2 rings (SSSR count). The second-order valence-corrected chi connectivity index (χ2v) is 6.42. The van der Waals surface area contributed by atoms with Gasteiger partial charge in [0.25, 0.3) is 0 Å². The van der Waals surface area contributed by atoms with E-state index in [1.165, 1.54) is 28.6 Å². The Labute approximate surface area is 112 Å². The van der Waals surface area contributed by atoms with E-state index < -0.39 is 15.8 Å². The fraction of sp³-hybridized carbons (Fsp3) is 0.385. The van der Waals surface area contributed by atoms with Crippen molar-refractivity contribution < 1.29 is 12.8 Å². The lowest BCUT2D eigenvalue weighted by Crippen LogP contribution is -2.33. The quantitative estimate of drug-likeness (QED) is 0.807. The van der Waals surface area contributed by atoms with Crippen molar-refractivity contribution >= 4 is 10.0 Å². The Morgan fingerprint density at radius 3 is 2.63 bits per heavy atom. The second-order valence-electron chi connectivity index (χ2n) is 4.56. The molecule has 0 radical (unpaired) electrons. The van der Waals surface area contributed by atoms with Crippen LogP contribution in [0.25, 0.3) is 0 Å². The van der Waals surface area contributed by atoms with Crippen LogP contribution in [0.3, 0.4) is 0 Å². The van der Waals surface area contributed by atoms with E-state index in [2.05, 4.69) is 6.58 Å². The topological polar surface area (TPSA) is 63.4 Å². The summed E-state index contributed by atoms with van der Waals surface area (Å²) in [4.78, 5) is -0.293. The minimum Gasteiger partial charge on any atom is -0.326 e. The zero-order valence-corrected chi connectivity index (χ0v) is 11.4. The maximum Gasteiger partial charge on any atom is 0.246 e. The first-order chi connectivity index (χ1) is 9.00. The molecule has 1 aromatic carbocycles. The van der Waals surface area contributed by atoms with E-state index in [1.54, 1.807) is 0 Å². The first-order valence-electron chi connectivity index (χ1n) is 6.12. The maximum absolute atomic E-state index is 13.9. The Kier molecular flexibility index (Phi) is 4.03. The molecule has 0 atom stereocenters. The molecule has 19 heavy (non-hydrogen) atoms. The Morgan fingerprint density at radius 2 is 2.16 bits per heavy atom. The van der Waals surface area contributed by atoms with Gasteiger partial charge in [0.1, 0.15) is 10.7 Å². The van der Waals surface area contributed by atoms with Crippen molar-refractivity contribution in [3.63, 3.8) is 0 Å². The molecule has 0 spiro atoms. The first kappa shape index (κ1) is 14.2. The van der Waals surface area contributed by atoms with Gasteiger partial charge in [-0.1, -0.05) is 12.1 Å². The lowest BCUT2D eigenvalue weighted by Gasteiger charge is -2.20. The van der Waals surface area contributed by atoms with Crippen molar-refractivity contribution in [3.05, 3.63) is 42.2 Å². The third-order valence-corrected chi connectivity index (χ3v) is 5.03. The zero-order valence-electron chi connectivity index (χ0n) is 10.5. The number of hydrogen-bond donors (Lipinski definition) is 1. The maximum atomic E-state index is 13.9. The molecule has 1 saturated carbocycles. The van der Waals surface area contributed by atoms with Crippen LogP contribution in [0.1, 0.15) is 18.4 Å². The molecule has 0 bridgehead atoms. The number of hydrogen-bond acceptors (Lipinski definition) is 3. The highest BCUT2D eigenvalue weighted by Crippen LogP contribution is 2.32. The molecule has 1 aliphatic rings. The summed E-state index contributed by atoms with van der Waals surface area (Å²) in [6.45, 7) is 3.93. The molecule has 1 fully saturated rings. The van der Waals surface area contributed by atoms with Gasteiger partial charge in [-0.05, 0) is 30.5 Å². The molecular weight excluding hydrogens is 267 g/mol. The summed E-state index contributed by atoms with van der Waals surface area (Å²) in [5.74, 6) is -0.752. The van der Waals surface area contributed by atoms with Crippen LogP contribution in [0, 0.1) is 5.82 Å². The van der Waals surface area contributed by atoms with Crippen LogP contribution in [0.15, 0.2) is 35.7 Å². The average molecular weight is 284 g/mol. The van der Waals surface area contributed by atoms with Gasteiger partial charge in [0.05, 0.1) is 0 Å². The molecule has 0 unspecified atom stereocenters. The summed E-state index contributed by atoms with van der Waals surface area (Å²) >= 11 is 0. The van der Waals surface area contributed by atoms with Gasteiger partial charge in [-0.2, -0.15) is 4.31 Å². The number of nitrogens with two attached hydrogens (primary N) is 1. The molecule has 0 saturated heterocycles. The molecule has 104 valence electrons. The lowest BCUT2D eigenvalue weighted by atomic mass is 10.2. The molecule has 0 aliphatic heterocycles. The van der Waals surface area contributed by atoms with Gasteiger partial charge >= 0.3 is 0 Å². The minimum atomic E-state index is -3.81. The van der Waals surface area contributed by atoms with Crippen LogP contribution in [-0.4, -0.2) is 25.3 Å². The van der Waals surface area contributed by atoms with Gasteiger partial charge in [0.15, 0.2) is 0 Å². The third-order valence-electron chi connectivity index (χ3n) is 3.08. The van der Waals surface area contributed by atoms with Crippen LogP contribution in [-0.2, 0) is 16.6 Å². The summed E-state index contributed by atoms with van der Waals surface area (Å²) in [6, 6.07) is 3.96. The normalized spacial score (nSPS) is 15.7. The highest BCUT2D eigenvalue weighted by molar-refractivity contribution is 7.89. The van der Waals surface area contributed by atoms with Crippen molar-refractivity contribution in [2.45, 2.75) is 30.3 Å². The summed E-state index contributed by atoms with van der Waals surface area (Å²) in [5, 5.41) is 0. The van der Waals surface area contributed by atoms with Crippen LogP contribution >= 0.6 is 0 Å². The van der Waals surface area contributed by atoms with E-state index in [1.807, 2.05) is 0 Å².